The van der Waals surface area contributed by atoms with Crippen molar-refractivity contribution < 1.29 is 4.79 Å². The monoisotopic (exact) mass is 241 g/mol. The molecule has 0 saturated carbocycles. The van der Waals surface area contributed by atoms with E-state index in [9.17, 15) is 4.79 Å². The molecule has 1 aliphatic heterocycles. The van der Waals surface area contributed by atoms with Gasteiger partial charge in [-0.15, -0.1) is 0 Å². The summed E-state index contributed by atoms with van der Waals surface area (Å²) in [7, 11) is 0. The van der Waals surface area contributed by atoms with E-state index in [0.717, 1.165) is 13.0 Å². The summed E-state index contributed by atoms with van der Waals surface area (Å²) in [6, 6.07) is 1.61. The van der Waals surface area contributed by atoms with Crippen molar-refractivity contribution in [2.45, 2.75) is 6.42 Å². The maximum absolute atomic E-state index is 11.4. The molecule has 2 rings (SSSR count). The lowest BCUT2D eigenvalue weighted by Crippen LogP contribution is -2.33. The standard InChI is InChI=1S/C9H12ClN5O/c10-6-4-7(14-9(11)13-6)15-3-1-2-12-8(16)5-15/h4H,1-3,5H2,(H,12,16)(H2,11,13,14). The zero-order valence-electron chi connectivity index (χ0n) is 8.61. The van der Waals surface area contributed by atoms with Crippen molar-refractivity contribution in [2.75, 3.05) is 30.3 Å². The predicted molar refractivity (Wildman–Crippen MR) is 61.3 cm³/mol. The Morgan fingerprint density at radius 1 is 1.50 bits per heavy atom. The predicted octanol–water partition coefficient (Wildman–Crippen LogP) is 0.0385. The molecule has 6 nitrogen and oxygen atoms in total. The lowest BCUT2D eigenvalue weighted by Gasteiger charge is -2.19. The lowest BCUT2D eigenvalue weighted by atomic mass is 10.4. The zero-order valence-corrected chi connectivity index (χ0v) is 9.37. The van der Waals surface area contributed by atoms with E-state index in [1.165, 1.54) is 0 Å². The number of rotatable bonds is 1. The smallest absolute Gasteiger partial charge is 0.239 e. The largest absolute Gasteiger partial charge is 0.368 e. The van der Waals surface area contributed by atoms with Gasteiger partial charge in [0.05, 0.1) is 6.54 Å². The number of nitrogens with zero attached hydrogens (tertiary/aromatic N) is 3. The van der Waals surface area contributed by atoms with Gasteiger partial charge in [0.25, 0.3) is 0 Å². The van der Waals surface area contributed by atoms with Crippen LogP contribution < -0.4 is 16.0 Å². The molecule has 0 spiro atoms. The third-order valence-electron chi connectivity index (χ3n) is 2.28. The van der Waals surface area contributed by atoms with Gasteiger partial charge in [0.2, 0.25) is 11.9 Å². The summed E-state index contributed by atoms with van der Waals surface area (Å²) in [5.41, 5.74) is 5.51. The van der Waals surface area contributed by atoms with Crippen LogP contribution in [0.2, 0.25) is 5.15 Å². The Hall–Kier alpha value is -1.56. The molecule has 0 radical (unpaired) electrons. The molecule has 16 heavy (non-hydrogen) atoms. The van der Waals surface area contributed by atoms with E-state index in [4.69, 9.17) is 17.3 Å². The first-order chi connectivity index (χ1) is 7.65. The highest BCUT2D eigenvalue weighted by Crippen LogP contribution is 2.17. The third kappa shape index (κ3) is 2.52. The molecule has 1 aromatic rings. The molecule has 2 heterocycles. The van der Waals surface area contributed by atoms with Gasteiger partial charge in [0, 0.05) is 19.2 Å². The second-order valence-corrected chi connectivity index (χ2v) is 3.92. The number of carbonyl (C=O) groups excluding carboxylic acids is 1. The number of nitrogen functional groups attached to an aromatic ring is 1. The van der Waals surface area contributed by atoms with E-state index in [-0.39, 0.29) is 23.6 Å². The van der Waals surface area contributed by atoms with Crippen LogP contribution in [0.5, 0.6) is 0 Å². The number of nitrogens with one attached hydrogen (secondary N) is 1. The second-order valence-electron chi connectivity index (χ2n) is 3.53. The summed E-state index contributed by atoms with van der Waals surface area (Å²) in [5.74, 6) is 0.688. The summed E-state index contributed by atoms with van der Waals surface area (Å²) in [6.45, 7) is 1.70. The molecule has 1 amide bonds. The molecule has 1 saturated heterocycles. The first-order valence-electron chi connectivity index (χ1n) is 4.97. The van der Waals surface area contributed by atoms with Crippen LogP contribution in [0.4, 0.5) is 11.8 Å². The van der Waals surface area contributed by atoms with Crippen LogP contribution in [-0.4, -0.2) is 35.5 Å². The Labute approximate surface area is 97.8 Å². The molecule has 0 aromatic carbocycles. The Morgan fingerprint density at radius 3 is 3.06 bits per heavy atom. The van der Waals surface area contributed by atoms with Crippen molar-refractivity contribution in [1.82, 2.24) is 15.3 Å². The first kappa shape index (κ1) is 10.9. The van der Waals surface area contributed by atoms with Crippen LogP contribution in [0.3, 0.4) is 0 Å². The molecule has 0 unspecified atom stereocenters. The summed E-state index contributed by atoms with van der Waals surface area (Å²) in [6.07, 6.45) is 0.868. The number of halogens is 1. The maximum atomic E-state index is 11.4. The number of amides is 1. The fourth-order valence-corrected chi connectivity index (χ4v) is 1.77. The molecule has 1 aliphatic rings. The number of anilines is 2. The molecule has 7 heteroatoms. The fraction of sp³-hybridized carbons (Fsp3) is 0.444. The van der Waals surface area contributed by atoms with Crippen molar-refractivity contribution >= 4 is 29.3 Å². The van der Waals surface area contributed by atoms with Gasteiger partial charge >= 0.3 is 0 Å². The van der Waals surface area contributed by atoms with Crippen LogP contribution in [0.25, 0.3) is 0 Å². The molecule has 86 valence electrons. The number of carbonyl (C=O) groups is 1. The van der Waals surface area contributed by atoms with Crippen molar-refractivity contribution in [2.24, 2.45) is 0 Å². The lowest BCUT2D eigenvalue weighted by molar-refractivity contribution is -0.119. The van der Waals surface area contributed by atoms with Crippen LogP contribution in [0.15, 0.2) is 6.07 Å². The molecule has 0 atom stereocenters. The van der Waals surface area contributed by atoms with Gasteiger partial charge in [0.1, 0.15) is 11.0 Å². The van der Waals surface area contributed by atoms with E-state index in [1.807, 2.05) is 4.90 Å². The Morgan fingerprint density at radius 2 is 2.31 bits per heavy atom. The molecular weight excluding hydrogens is 230 g/mol. The van der Waals surface area contributed by atoms with Crippen molar-refractivity contribution in [3.63, 3.8) is 0 Å². The van der Waals surface area contributed by atoms with Gasteiger partial charge in [-0.3, -0.25) is 4.79 Å². The Kier molecular flexibility index (Phi) is 3.09. The highest BCUT2D eigenvalue weighted by molar-refractivity contribution is 6.29. The van der Waals surface area contributed by atoms with Gasteiger partial charge in [-0.2, -0.15) is 4.98 Å². The van der Waals surface area contributed by atoms with Crippen molar-refractivity contribution in [1.29, 1.82) is 0 Å². The molecule has 3 N–H and O–H groups in total. The van der Waals surface area contributed by atoms with Gasteiger partial charge < -0.3 is 16.0 Å². The molecule has 1 aromatic heterocycles. The van der Waals surface area contributed by atoms with Gasteiger partial charge in [-0.05, 0) is 6.42 Å². The van der Waals surface area contributed by atoms with Crippen LogP contribution >= 0.6 is 11.6 Å². The maximum Gasteiger partial charge on any atom is 0.239 e. The quantitative estimate of drug-likeness (QED) is 0.678. The van der Waals surface area contributed by atoms with E-state index >= 15 is 0 Å². The van der Waals surface area contributed by atoms with Gasteiger partial charge in [-0.1, -0.05) is 11.6 Å². The summed E-state index contributed by atoms with van der Waals surface area (Å²) in [5, 5.41) is 3.07. The zero-order chi connectivity index (χ0) is 11.5. The van der Waals surface area contributed by atoms with Crippen LogP contribution in [-0.2, 0) is 4.79 Å². The SMILES string of the molecule is Nc1nc(Cl)cc(N2CCCNC(=O)C2)n1. The van der Waals surface area contributed by atoms with Gasteiger partial charge in [-0.25, -0.2) is 4.98 Å². The topological polar surface area (TPSA) is 84.1 Å². The van der Waals surface area contributed by atoms with E-state index < -0.39 is 0 Å². The average Bonchev–Trinajstić information content (AvgIpc) is 2.41. The average molecular weight is 242 g/mol. The third-order valence-corrected chi connectivity index (χ3v) is 2.48. The minimum Gasteiger partial charge on any atom is -0.368 e. The second kappa shape index (κ2) is 4.52. The molecular formula is C9H12ClN5O. The fourth-order valence-electron chi connectivity index (χ4n) is 1.59. The van der Waals surface area contributed by atoms with Gasteiger partial charge in [0.15, 0.2) is 0 Å². The minimum absolute atomic E-state index is 0.0224. The number of hydrogen-bond acceptors (Lipinski definition) is 5. The Bertz CT molecular complexity index is 391. The summed E-state index contributed by atoms with van der Waals surface area (Å²) < 4.78 is 0. The van der Waals surface area contributed by atoms with E-state index in [0.29, 0.717) is 12.4 Å². The summed E-state index contributed by atoms with van der Waals surface area (Å²) in [4.78, 5) is 21.1. The summed E-state index contributed by atoms with van der Waals surface area (Å²) >= 11 is 5.79. The first-order valence-corrected chi connectivity index (χ1v) is 5.34. The number of aromatic nitrogens is 2. The van der Waals surface area contributed by atoms with Crippen LogP contribution in [0, 0.1) is 0 Å². The minimum atomic E-state index is -0.0224. The highest BCUT2D eigenvalue weighted by Gasteiger charge is 2.16. The molecule has 0 bridgehead atoms. The molecule has 1 fully saturated rings. The number of hydrogen-bond donors (Lipinski definition) is 2. The van der Waals surface area contributed by atoms with E-state index in [1.54, 1.807) is 6.07 Å². The van der Waals surface area contributed by atoms with E-state index in [2.05, 4.69) is 15.3 Å². The Balaban J connectivity index is 2.24. The number of nitrogens with two attached hydrogens (primary N) is 1. The van der Waals surface area contributed by atoms with Crippen molar-refractivity contribution in [3.8, 4) is 0 Å². The molecule has 0 aliphatic carbocycles. The normalized spacial score (nSPS) is 16.8. The van der Waals surface area contributed by atoms with Crippen molar-refractivity contribution in [3.05, 3.63) is 11.2 Å². The van der Waals surface area contributed by atoms with Crippen LogP contribution in [0.1, 0.15) is 6.42 Å². The highest BCUT2D eigenvalue weighted by atomic mass is 35.5.